The van der Waals surface area contributed by atoms with Crippen LogP contribution < -0.4 is 11.1 Å². The van der Waals surface area contributed by atoms with E-state index in [0.717, 1.165) is 19.4 Å². The molecule has 0 aromatic heterocycles. The predicted octanol–water partition coefficient (Wildman–Crippen LogP) is 1.92. The molecule has 2 rings (SSSR count). The zero-order valence-electron chi connectivity index (χ0n) is 7.44. The highest BCUT2D eigenvalue weighted by Gasteiger charge is 2.14. The largest absolute Gasteiger partial charge is 0.384 e. The molecule has 0 saturated carbocycles. The van der Waals surface area contributed by atoms with Crippen LogP contribution >= 0.6 is 15.9 Å². The standard InChI is InChI=1S/C10H13BrN2/c11-9-5-7(1-3-12)10-8(6-9)2-4-13-10/h5-6,13H,1-4,12H2. The third-order valence-electron chi connectivity index (χ3n) is 2.38. The van der Waals surface area contributed by atoms with Gasteiger partial charge in [-0.1, -0.05) is 15.9 Å². The predicted molar refractivity (Wildman–Crippen MR) is 59.1 cm³/mol. The van der Waals surface area contributed by atoms with E-state index in [1.807, 2.05) is 0 Å². The highest BCUT2D eigenvalue weighted by molar-refractivity contribution is 9.10. The summed E-state index contributed by atoms with van der Waals surface area (Å²) in [5.74, 6) is 0. The first-order valence-corrected chi connectivity index (χ1v) is 5.36. The number of fused-ring (bicyclic) bond motifs is 1. The number of halogens is 1. The number of benzene rings is 1. The van der Waals surface area contributed by atoms with Gasteiger partial charge in [-0.05, 0) is 42.6 Å². The molecular formula is C10H13BrN2. The number of nitrogens with two attached hydrogens (primary N) is 1. The maximum atomic E-state index is 5.56. The molecule has 1 aromatic carbocycles. The molecule has 0 fully saturated rings. The summed E-state index contributed by atoms with van der Waals surface area (Å²) in [7, 11) is 0. The molecule has 1 aliphatic rings. The summed E-state index contributed by atoms with van der Waals surface area (Å²) in [5, 5.41) is 3.40. The maximum absolute atomic E-state index is 5.56. The van der Waals surface area contributed by atoms with Crippen LogP contribution in [0.5, 0.6) is 0 Å². The fourth-order valence-electron chi connectivity index (χ4n) is 1.82. The first kappa shape index (κ1) is 9.03. The van der Waals surface area contributed by atoms with E-state index in [0.29, 0.717) is 6.54 Å². The highest BCUT2D eigenvalue weighted by atomic mass is 79.9. The average molecular weight is 241 g/mol. The molecule has 1 heterocycles. The quantitative estimate of drug-likeness (QED) is 0.830. The zero-order chi connectivity index (χ0) is 9.26. The van der Waals surface area contributed by atoms with Gasteiger partial charge in [0, 0.05) is 16.7 Å². The van der Waals surface area contributed by atoms with Crippen molar-refractivity contribution in [3.8, 4) is 0 Å². The second-order valence-electron chi connectivity index (χ2n) is 3.31. The van der Waals surface area contributed by atoms with E-state index in [1.54, 1.807) is 0 Å². The first-order chi connectivity index (χ1) is 6.31. The number of hydrogen-bond donors (Lipinski definition) is 2. The van der Waals surface area contributed by atoms with E-state index in [2.05, 4.69) is 33.4 Å². The Labute approximate surface area is 86.6 Å². The zero-order valence-corrected chi connectivity index (χ0v) is 9.02. The monoisotopic (exact) mass is 240 g/mol. The van der Waals surface area contributed by atoms with Crippen molar-refractivity contribution in [1.29, 1.82) is 0 Å². The molecule has 0 amide bonds. The fourth-order valence-corrected chi connectivity index (χ4v) is 2.38. The maximum Gasteiger partial charge on any atom is 0.0407 e. The Morgan fingerprint density at radius 3 is 3.08 bits per heavy atom. The molecule has 0 bridgehead atoms. The summed E-state index contributed by atoms with van der Waals surface area (Å²) in [4.78, 5) is 0. The third-order valence-corrected chi connectivity index (χ3v) is 2.83. The molecule has 2 nitrogen and oxygen atoms in total. The molecule has 70 valence electrons. The normalized spacial score (nSPS) is 14.0. The second kappa shape index (κ2) is 3.68. The molecule has 0 unspecified atom stereocenters. The molecule has 3 N–H and O–H groups in total. The molecule has 0 spiro atoms. The molecule has 1 aliphatic heterocycles. The van der Waals surface area contributed by atoms with Gasteiger partial charge in [0.05, 0.1) is 0 Å². The van der Waals surface area contributed by atoms with Gasteiger partial charge in [0.15, 0.2) is 0 Å². The molecule has 13 heavy (non-hydrogen) atoms. The number of nitrogens with one attached hydrogen (secondary N) is 1. The van der Waals surface area contributed by atoms with E-state index >= 15 is 0 Å². The Balaban J connectivity index is 2.43. The summed E-state index contributed by atoms with van der Waals surface area (Å²) in [5.41, 5.74) is 9.63. The summed E-state index contributed by atoms with van der Waals surface area (Å²) in [6.45, 7) is 1.77. The summed E-state index contributed by atoms with van der Waals surface area (Å²) in [6, 6.07) is 4.35. The van der Waals surface area contributed by atoms with Crippen molar-refractivity contribution in [2.24, 2.45) is 5.73 Å². The highest BCUT2D eigenvalue weighted by Crippen LogP contribution is 2.30. The van der Waals surface area contributed by atoms with Crippen LogP contribution in [0.4, 0.5) is 5.69 Å². The minimum Gasteiger partial charge on any atom is -0.384 e. The SMILES string of the molecule is NCCc1cc(Br)cc2c1NCC2. The van der Waals surface area contributed by atoms with E-state index < -0.39 is 0 Å². The van der Waals surface area contributed by atoms with Crippen LogP contribution in [0.15, 0.2) is 16.6 Å². The lowest BCUT2D eigenvalue weighted by Crippen LogP contribution is -2.05. The van der Waals surface area contributed by atoms with Crippen molar-refractivity contribution in [2.45, 2.75) is 12.8 Å². The van der Waals surface area contributed by atoms with E-state index in [9.17, 15) is 0 Å². The lowest BCUT2D eigenvalue weighted by molar-refractivity contribution is 0.969. The lowest BCUT2D eigenvalue weighted by atomic mass is 10.1. The van der Waals surface area contributed by atoms with Gasteiger partial charge in [0.2, 0.25) is 0 Å². The Kier molecular flexibility index (Phi) is 2.56. The van der Waals surface area contributed by atoms with E-state index in [1.165, 1.54) is 21.3 Å². The van der Waals surface area contributed by atoms with Crippen LogP contribution in [0.3, 0.4) is 0 Å². The Bertz CT molecular complexity index is 323. The van der Waals surface area contributed by atoms with Crippen LogP contribution in [-0.2, 0) is 12.8 Å². The number of anilines is 1. The average Bonchev–Trinajstić information content (AvgIpc) is 2.52. The van der Waals surface area contributed by atoms with Gasteiger partial charge in [0.1, 0.15) is 0 Å². The van der Waals surface area contributed by atoms with E-state index in [4.69, 9.17) is 5.73 Å². The van der Waals surface area contributed by atoms with Crippen molar-refractivity contribution in [3.05, 3.63) is 27.7 Å². The third kappa shape index (κ3) is 1.71. The molecule has 0 radical (unpaired) electrons. The molecule has 0 saturated heterocycles. The number of rotatable bonds is 2. The molecule has 0 atom stereocenters. The van der Waals surface area contributed by atoms with Crippen molar-refractivity contribution in [2.75, 3.05) is 18.4 Å². The van der Waals surface area contributed by atoms with Crippen molar-refractivity contribution in [1.82, 2.24) is 0 Å². The summed E-state index contributed by atoms with van der Waals surface area (Å²) >= 11 is 3.52. The Morgan fingerprint density at radius 2 is 2.31 bits per heavy atom. The van der Waals surface area contributed by atoms with Crippen LogP contribution in [0, 0.1) is 0 Å². The van der Waals surface area contributed by atoms with Crippen LogP contribution in [0.25, 0.3) is 0 Å². The molecule has 1 aromatic rings. The van der Waals surface area contributed by atoms with Gasteiger partial charge in [-0.2, -0.15) is 0 Å². The Hall–Kier alpha value is -0.540. The van der Waals surface area contributed by atoms with Crippen LogP contribution in [0.2, 0.25) is 0 Å². The van der Waals surface area contributed by atoms with Gasteiger partial charge in [-0.3, -0.25) is 0 Å². The Morgan fingerprint density at radius 1 is 1.46 bits per heavy atom. The molecular weight excluding hydrogens is 228 g/mol. The summed E-state index contributed by atoms with van der Waals surface area (Å²) in [6.07, 6.45) is 2.08. The second-order valence-corrected chi connectivity index (χ2v) is 4.23. The van der Waals surface area contributed by atoms with Gasteiger partial charge in [0.25, 0.3) is 0 Å². The smallest absolute Gasteiger partial charge is 0.0407 e. The van der Waals surface area contributed by atoms with Crippen LogP contribution in [0.1, 0.15) is 11.1 Å². The minimum absolute atomic E-state index is 0.713. The fraction of sp³-hybridized carbons (Fsp3) is 0.400. The lowest BCUT2D eigenvalue weighted by Gasteiger charge is -2.08. The van der Waals surface area contributed by atoms with E-state index in [-0.39, 0.29) is 0 Å². The van der Waals surface area contributed by atoms with Crippen molar-refractivity contribution in [3.63, 3.8) is 0 Å². The molecule has 3 heteroatoms. The minimum atomic E-state index is 0.713. The van der Waals surface area contributed by atoms with Crippen molar-refractivity contribution >= 4 is 21.6 Å². The summed E-state index contributed by atoms with van der Waals surface area (Å²) < 4.78 is 1.17. The van der Waals surface area contributed by atoms with Crippen LogP contribution in [-0.4, -0.2) is 13.1 Å². The van der Waals surface area contributed by atoms with Crippen molar-refractivity contribution < 1.29 is 0 Å². The van der Waals surface area contributed by atoms with Gasteiger partial charge >= 0.3 is 0 Å². The van der Waals surface area contributed by atoms with Gasteiger partial charge < -0.3 is 11.1 Å². The molecule has 0 aliphatic carbocycles. The van der Waals surface area contributed by atoms with Gasteiger partial charge in [-0.15, -0.1) is 0 Å². The van der Waals surface area contributed by atoms with Gasteiger partial charge in [-0.25, -0.2) is 0 Å². The first-order valence-electron chi connectivity index (χ1n) is 4.56. The topological polar surface area (TPSA) is 38.0 Å². The number of hydrogen-bond acceptors (Lipinski definition) is 2.